The standard InChI is InChI=1S/C22H29N3O6/c26-19(25-9-12-29-13-10-25)15-30-18-5-2-1-4-17(18)24-21(28)20(27)23-16-6-11-31-22(14-16)7-3-8-22/h1-2,4-5,16H,3,6-15H2,(H,23,27)(H,24,28). The Morgan fingerprint density at radius 2 is 1.87 bits per heavy atom. The van der Waals surface area contributed by atoms with Gasteiger partial charge in [-0.3, -0.25) is 14.4 Å². The average Bonchev–Trinajstić information content (AvgIpc) is 2.78. The molecule has 3 fully saturated rings. The van der Waals surface area contributed by atoms with E-state index in [2.05, 4.69) is 10.6 Å². The van der Waals surface area contributed by atoms with E-state index in [1.807, 2.05) is 0 Å². The van der Waals surface area contributed by atoms with Gasteiger partial charge in [0.25, 0.3) is 5.91 Å². The molecule has 3 amide bonds. The van der Waals surface area contributed by atoms with Crippen LogP contribution in [0, 0.1) is 0 Å². The molecular formula is C22H29N3O6. The Morgan fingerprint density at radius 1 is 1.10 bits per heavy atom. The van der Waals surface area contributed by atoms with Gasteiger partial charge in [0.2, 0.25) is 0 Å². The van der Waals surface area contributed by atoms with Gasteiger partial charge in [0, 0.05) is 25.7 Å². The molecule has 1 saturated carbocycles. The Balaban J connectivity index is 1.29. The number of rotatable bonds is 5. The number of para-hydroxylation sites is 2. The lowest BCUT2D eigenvalue weighted by Crippen LogP contribution is -2.53. The smallest absolute Gasteiger partial charge is 0.313 e. The highest BCUT2D eigenvalue weighted by Gasteiger charge is 2.43. The van der Waals surface area contributed by atoms with E-state index in [0.29, 0.717) is 50.8 Å². The Kier molecular flexibility index (Phi) is 6.72. The monoisotopic (exact) mass is 431 g/mol. The summed E-state index contributed by atoms with van der Waals surface area (Å²) in [7, 11) is 0. The quantitative estimate of drug-likeness (QED) is 0.676. The molecule has 31 heavy (non-hydrogen) atoms. The molecule has 3 aliphatic rings. The predicted octanol–water partition coefficient (Wildman–Crippen LogP) is 1.08. The minimum atomic E-state index is -0.760. The molecule has 2 heterocycles. The normalized spacial score (nSPS) is 22.3. The van der Waals surface area contributed by atoms with E-state index in [0.717, 1.165) is 25.7 Å². The lowest BCUT2D eigenvalue weighted by Gasteiger charge is -2.47. The first kappa shape index (κ1) is 21.6. The highest BCUT2D eigenvalue weighted by molar-refractivity contribution is 6.39. The minimum absolute atomic E-state index is 0.0649. The first-order valence-corrected chi connectivity index (χ1v) is 10.9. The molecule has 4 rings (SSSR count). The number of hydrogen-bond acceptors (Lipinski definition) is 6. The summed E-state index contributed by atoms with van der Waals surface area (Å²) < 4.78 is 16.8. The van der Waals surface area contributed by atoms with Gasteiger partial charge in [0.1, 0.15) is 5.75 Å². The largest absolute Gasteiger partial charge is 0.482 e. The van der Waals surface area contributed by atoms with Crippen molar-refractivity contribution < 1.29 is 28.6 Å². The maximum Gasteiger partial charge on any atom is 0.313 e. The van der Waals surface area contributed by atoms with Crippen molar-refractivity contribution in [2.24, 2.45) is 0 Å². The second-order valence-electron chi connectivity index (χ2n) is 8.28. The molecule has 1 atom stereocenters. The Bertz CT molecular complexity index is 819. The van der Waals surface area contributed by atoms with Gasteiger partial charge >= 0.3 is 11.8 Å². The van der Waals surface area contributed by atoms with Gasteiger partial charge in [-0.25, -0.2) is 0 Å². The summed E-state index contributed by atoms with van der Waals surface area (Å²) in [5.41, 5.74) is 0.236. The van der Waals surface area contributed by atoms with Crippen molar-refractivity contribution in [1.29, 1.82) is 0 Å². The molecule has 9 nitrogen and oxygen atoms in total. The van der Waals surface area contributed by atoms with Gasteiger partial charge in [-0.15, -0.1) is 0 Å². The van der Waals surface area contributed by atoms with Crippen LogP contribution in [0.3, 0.4) is 0 Å². The zero-order valence-electron chi connectivity index (χ0n) is 17.6. The number of nitrogens with zero attached hydrogens (tertiary/aromatic N) is 1. The molecule has 0 radical (unpaired) electrons. The summed E-state index contributed by atoms with van der Waals surface area (Å²) in [5, 5.41) is 5.43. The summed E-state index contributed by atoms with van der Waals surface area (Å²) in [6.07, 6.45) is 4.62. The molecule has 1 aromatic carbocycles. The molecule has 1 spiro atoms. The number of ether oxygens (including phenoxy) is 3. The number of amides is 3. The van der Waals surface area contributed by atoms with E-state index in [4.69, 9.17) is 14.2 Å². The highest BCUT2D eigenvalue weighted by atomic mass is 16.5. The summed E-state index contributed by atoms with van der Waals surface area (Å²) in [4.78, 5) is 38.9. The first-order chi connectivity index (χ1) is 15.0. The van der Waals surface area contributed by atoms with Gasteiger partial charge in [-0.1, -0.05) is 12.1 Å². The molecule has 2 saturated heterocycles. The topological polar surface area (TPSA) is 106 Å². The van der Waals surface area contributed by atoms with Crippen LogP contribution in [0.5, 0.6) is 5.75 Å². The number of nitrogens with one attached hydrogen (secondary N) is 2. The van der Waals surface area contributed by atoms with Crippen molar-refractivity contribution in [3.63, 3.8) is 0 Å². The zero-order chi connectivity index (χ0) is 21.7. The van der Waals surface area contributed by atoms with Crippen molar-refractivity contribution in [3.05, 3.63) is 24.3 Å². The number of benzene rings is 1. The average molecular weight is 431 g/mol. The van der Waals surface area contributed by atoms with E-state index < -0.39 is 11.8 Å². The SMILES string of the molecule is O=C(Nc1ccccc1OCC(=O)N1CCOCC1)C(=O)NC1CCOC2(CCC2)C1. The van der Waals surface area contributed by atoms with E-state index >= 15 is 0 Å². The fourth-order valence-corrected chi connectivity index (χ4v) is 4.24. The number of carbonyl (C=O) groups excluding carboxylic acids is 3. The third kappa shape index (κ3) is 5.34. The van der Waals surface area contributed by atoms with Gasteiger partial charge in [-0.2, -0.15) is 0 Å². The highest BCUT2D eigenvalue weighted by Crippen LogP contribution is 2.42. The molecule has 0 aromatic heterocycles. The summed E-state index contributed by atoms with van der Waals surface area (Å²) >= 11 is 0. The molecule has 1 aromatic rings. The molecular weight excluding hydrogens is 402 g/mol. The molecule has 168 valence electrons. The third-order valence-electron chi connectivity index (χ3n) is 6.15. The van der Waals surface area contributed by atoms with Gasteiger partial charge in [0.05, 0.1) is 24.5 Å². The van der Waals surface area contributed by atoms with Crippen LogP contribution in [0.2, 0.25) is 0 Å². The summed E-state index contributed by atoms with van der Waals surface area (Å²) in [6, 6.07) is 6.69. The molecule has 9 heteroatoms. The van der Waals surface area contributed by atoms with Crippen LogP contribution in [0.4, 0.5) is 5.69 Å². The van der Waals surface area contributed by atoms with Crippen LogP contribution < -0.4 is 15.4 Å². The summed E-state index contributed by atoms with van der Waals surface area (Å²) in [6.45, 7) is 2.55. The first-order valence-electron chi connectivity index (χ1n) is 10.9. The van der Waals surface area contributed by atoms with Gasteiger partial charge in [-0.05, 0) is 44.2 Å². The second-order valence-corrected chi connectivity index (χ2v) is 8.28. The third-order valence-corrected chi connectivity index (χ3v) is 6.15. The van der Waals surface area contributed by atoms with E-state index in [1.54, 1.807) is 29.2 Å². The van der Waals surface area contributed by atoms with E-state index in [-0.39, 0.29) is 24.2 Å². The van der Waals surface area contributed by atoms with Crippen molar-refractivity contribution in [2.45, 2.75) is 43.7 Å². The van der Waals surface area contributed by atoms with Crippen LogP contribution in [-0.2, 0) is 23.9 Å². The minimum Gasteiger partial charge on any atom is -0.482 e. The van der Waals surface area contributed by atoms with Crippen LogP contribution >= 0.6 is 0 Å². The van der Waals surface area contributed by atoms with Crippen LogP contribution in [-0.4, -0.2) is 73.8 Å². The maximum atomic E-state index is 12.5. The maximum absolute atomic E-state index is 12.5. The number of anilines is 1. The predicted molar refractivity (Wildman–Crippen MR) is 112 cm³/mol. The van der Waals surface area contributed by atoms with Crippen molar-refractivity contribution in [1.82, 2.24) is 10.2 Å². The van der Waals surface area contributed by atoms with Crippen LogP contribution in [0.25, 0.3) is 0 Å². The van der Waals surface area contributed by atoms with Gasteiger partial charge < -0.3 is 29.7 Å². The Hall–Kier alpha value is -2.65. The fraction of sp³-hybridized carbons (Fsp3) is 0.591. The molecule has 1 unspecified atom stereocenters. The lowest BCUT2D eigenvalue weighted by atomic mass is 9.74. The van der Waals surface area contributed by atoms with Crippen LogP contribution in [0.1, 0.15) is 32.1 Å². The second kappa shape index (κ2) is 9.65. The molecule has 1 aliphatic carbocycles. The summed E-state index contributed by atoms with van der Waals surface area (Å²) in [5.74, 6) is -1.25. The molecule has 0 bridgehead atoms. The van der Waals surface area contributed by atoms with Crippen LogP contribution in [0.15, 0.2) is 24.3 Å². The number of carbonyl (C=O) groups is 3. The Morgan fingerprint density at radius 3 is 2.61 bits per heavy atom. The van der Waals surface area contributed by atoms with Crippen molar-refractivity contribution >= 4 is 23.4 Å². The number of morpholine rings is 1. The fourth-order valence-electron chi connectivity index (χ4n) is 4.24. The van der Waals surface area contributed by atoms with Crippen molar-refractivity contribution in [2.75, 3.05) is 44.8 Å². The number of hydrogen-bond donors (Lipinski definition) is 2. The van der Waals surface area contributed by atoms with E-state index in [1.165, 1.54) is 0 Å². The van der Waals surface area contributed by atoms with Crippen molar-refractivity contribution in [3.8, 4) is 5.75 Å². The molecule has 2 aliphatic heterocycles. The van der Waals surface area contributed by atoms with Gasteiger partial charge in [0.15, 0.2) is 6.61 Å². The zero-order valence-corrected chi connectivity index (χ0v) is 17.6. The van der Waals surface area contributed by atoms with E-state index in [9.17, 15) is 14.4 Å². The molecule has 2 N–H and O–H groups in total. The lowest BCUT2D eigenvalue weighted by molar-refractivity contribution is -0.145. The Labute approximate surface area is 181 Å².